The van der Waals surface area contributed by atoms with Gasteiger partial charge in [0.15, 0.2) is 0 Å². The Morgan fingerprint density at radius 3 is 2.92 bits per heavy atom. The molecule has 1 atom stereocenters. The number of rotatable bonds is 3. The van der Waals surface area contributed by atoms with Crippen molar-refractivity contribution in [2.24, 2.45) is 5.92 Å². The van der Waals surface area contributed by atoms with E-state index in [1.54, 1.807) is 0 Å². The molecule has 0 bridgehead atoms. The molecule has 0 aromatic rings. The van der Waals surface area contributed by atoms with Crippen LogP contribution in [0.3, 0.4) is 0 Å². The normalized spacial score (nSPS) is 23.4. The fraction of sp³-hybridized carbons (Fsp3) is 0.778. The van der Waals surface area contributed by atoms with Crippen molar-refractivity contribution in [1.29, 1.82) is 0 Å². The van der Waals surface area contributed by atoms with Gasteiger partial charge in [0.05, 0.1) is 0 Å². The lowest BCUT2D eigenvalue weighted by molar-refractivity contribution is -0.125. The SMILES string of the molecule is CCC(=O)CC1CCC(=O)NC1. The minimum atomic E-state index is 0.121. The second-order valence-corrected chi connectivity index (χ2v) is 3.31. The van der Waals surface area contributed by atoms with Crippen LogP contribution in [0.4, 0.5) is 0 Å². The summed E-state index contributed by atoms with van der Waals surface area (Å²) in [5, 5.41) is 2.77. The van der Waals surface area contributed by atoms with Crippen LogP contribution in [-0.2, 0) is 9.59 Å². The van der Waals surface area contributed by atoms with Gasteiger partial charge in [-0.05, 0) is 12.3 Å². The summed E-state index contributed by atoms with van der Waals surface area (Å²) in [6.07, 6.45) is 2.71. The van der Waals surface area contributed by atoms with Gasteiger partial charge in [-0.1, -0.05) is 6.92 Å². The number of ketones is 1. The molecule has 0 aliphatic carbocycles. The van der Waals surface area contributed by atoms with Gasteiger partial charge in [0.1, 0.15) is 5.78 Å². The van der Waals surface area contributed by atoms with Crippen LogP contribution in [0.25, 0.3) is 0 Å². The van der Waals surface area contributed by atoms with E-state index in [0.717, 1.165) is 6.42 Å². The van der Waals surface area contributed by atoms with E-state index in [4.69, 9.17) is 0 Å². The van der Waals surface area contributed by atoms with Crippen LogP contribution in [0, 0.1) is 5.92 Å². The van der Waals surface area contributed by atoms with Gasteiger partial charge in [-0.25, -0.2) is 0 Å². The molecule has 1 N–H and O–H groups in total. The van der Waals surface area contributed by atoms with Crippen LogP contribution < -0.4 is 5.32 Å². The molecule has 12 heavy (non-hydrogen) atoms. The summed E-state index contributed by atoms with van der Waals surface area (Å²) < 4.78 is 0. The van der Waals surface area contributed by atoms with Gasteiger partial charge in [-0.15, -0.1) is 0 Å². The van der Waals surface area contributed by atoms with Crippen LogP contribution >= 0.6 is 0 Å². The molecule has 3 heteroatoms. The molecule has 1 heterocycles. The number of carbonyl (C=O) groups is 2. The van der Waals surface area contributed by atoms with Crippen molar-refractivity contribution in [2.45, 2.75) is 32.6 Å². The number of Topliss-reactive ketones (excluding diaryl/α,β-unsaturated/α-hetero) is 1. The van der Waals surface area contributed by atoms with Gasteiger partial charge in [0.25, 0.3) is 0 Å². The Morgan fingerprint density at radius 1 is 1.67 bits per heavy atom. The van der Waals surface area contributed by atoms with Crippen LogP contribution in [0.2, 0.25) is 0 Å². The summed E-state index contributed by atoms with van der Waals surface area (Å²) in [5.41, 5.74) is 0. The van der Waals surface area contributed by atoms with Crippen molar-refractivity contribution in [1.82, 2.24) is 5.32 Å². The molecule has 68 valence electrons. The van der Waals surface area contributed by atoms with Crippen molar-refractivity contribution in [3.8, 4) is 0 Å². The van der Waals surface area contributed by atoms with Crippen molar-refractivity contribution in [2.75, 3.05) is 6.54 Å². The third-order valence-corrected chi connectivity index (χ3v) is 2.28. The smallest absolute Gasteiger partial charge is 0.220 e. The number of piperidine rings is 1. The zero-order valence-electron chi connectivity index (χ0n) is 7.43. The predicted octanol–water partition coefficient (Wildman–Crippen LogP) is 0.882. The monoisotopic (exact) mass is 169 g/mol. The molecular formula is C9H15NO2. The zero-order chi connectivity index (χ0) is 8.97. The Hall–Kier alpha value is -0.860. The highest BCUT2D eigenvalue weighted by Gasteiger charge is 2.19. The van der Waals surface area contributed by atoms with Gasteiger partial charge >= 0.3 is 0 Å². The molecule has 1 amide bonds. The molecule has 1 rings (SSSR count). The molecule has 1 saturated heterocycles. The first-order chi connectivity index (χ1) is 5.72. The average Bonchev–Trinajstić information content (AvgIpc) is 2.09. The fourth-order valence-electron chi connectivity index (χ4n) is 1.42. The third-order valence-electron chi connectivity index (χ3n) is 2.28. The van der Waals surface area contributed by atoms with E-state index in [2.05, 4.69) is 5.32 Å². The van der Waals surface area contributed by atoms with E-state index in [1.807, 2.05) is 6.92 Å². The maximum absolute atomic E-state index is 11.0. The standard InChI is InChI=1S/C9H15NO2/c1-2-8(11)5-7-3-4-9(12)10-6-7/h7H,2-6H2,1H3,(H,10,12). The molecule has 1 unspecified atom stereocenters. The molecule has 1 fully saturated rings. The first-order valence-electron chi connectivity index (χ1n) is 4.50. The molecule has 0 spiro atoms. The second-order valence-electron chi connectivity index (χ2n) is 3.31. The van der Waals surface area contributed by atoms with E-state index in [1.165, 1.54) is 0 Å². The highest BCUT2D eigenvalue weighted by atomic mass is 16.1. The molecule has 0 aromatic carbocycles. The first-order valence-corrected chi connectivity index (χ1v) is 4.50. The molecule has 0 saturated carbocycles. The fourth-order valence-corrected chi connectivity index (χ4v) is 1.42. The van der Waals surface area contributed by atoms with Gasteiger partial charge in [0.2, 0.25) is 5.91 Å². The van der Waals surface area contributed by atoms with E-state index in [9.17, 15) is 9.59 Å². The van der Waals surface area contributed by atoms with Crippen LogP contribution in [-0.4, -0.2) is 18.2 Å². The molecule has 0 radical (unpaired) electrons. The zero-order valence-corrected chi connectivity index (χ0v) is 7.43. The lowest BCUT2D eigenvalue weighted by atomic mass is 9.93. The van der Waals surface area contributed by atoms with Crippen molar-refractivity contribution < 1.29 is 9.59 Å². The first kappa shape index (κ1) is 9.23. The quantitative estimate of drug-likeness (QED) is 0.681. The number of nitrogens with one attached hydrogen (secondary N) is 1. The summed E-state index contributed by atoms with van der Waals surface area (Å²) in [5.74, 6) is 0.807. The summed E-state index contributed by atoms with van der Waals surface area (Å²) in [6.45, 7) is 2.56. The van der Waals surface area contributed by atoms with E-state index >= 15 is 0 Å². The largest absolute Gasteiger partial charge is 0.356 e. The number of hydrogen-bond acceptors (Lipinski definition) is 2. The number of amides is 1. The Balaban J connectivity index is 2.26. The Kier molecular flexibility index (Phi) is 3.26. The summed E-state index contributed by atoms with van der Waals surface area (Å²) in [7, 11) is 0. The van der Waals surface area contributed by atoms with Crippen LogP contribution in [0.1, 0.15) is 32.6 Å². The van der Waals surface area contributed by atoms with E-state index in [0.29, 0.717) is 37.5 Å². The van der Waals surface area contributed by atoms with Crippen molar-refractivity contribution in [3.63, 3.8) is 0 Å². The second kappa shape index (κ2) is 4.24. The summed E-state index contributed by atoms with van der Waals surface area (Å²) in [6, 6.07) is 0. The summed E-state index contributed by atoms with van der Waals surface area (Å²) in [4.78, 5) is 21.8. The summed E-state index contributed by atoms with van der Waals surface area (Å²) >= 11 is 0. The van der Waals surface area contributed by atoms with Crippen LogP contribution in [0.5, 0.6) is 0 Å². The van der Waals surface area contributed by atoms with Gasteiger partial charge in [-0.2, -0.15) is 0 Å². The van der Waals surface area contributed by atoms with E-state index < -0.39 is 0 Å². The van der Waals surface area contributed by atoms with E-state index in [-0.39, 0.29) is 5.91 Å². The highest BCUT2D eigenvalue weighted by Crippen LogP contribution is 2.15. The highest BCUT2D eigenvalue weighted by molar-refractivity contribution is 5.79. The Bertz CT molecular complexity index is 179. The minimum Gasteiger partial charge on any atom is -0.356 e. The van der Waals surface area contributed by atoms with Crippen LogP contribution in [0.15, 0.2) is 0 Å². The lowest BCUT2D eigenvalue weighted by Crippen LogP contribution is -2.35. The van der Waals surface area contributed by atoms with Gasteiger partial charge in [-0.3, -0.25) is 9.59 Å². The predicted molar refractivity (Wildman–Crippen MR) is 45.6 cm³/mol. The topological polar surface area (TPSA) is 46.2 Å². The third kappa shape index (κ3) is 2.64. The number of hydrogen-bond donors (Lipinski definition) is 1. The maximum Gasteiger partial charge on any atom is 0.220 e. The molecule has 0 aromatic heterocycles. The number of carbonyl (C=O) groups excluding carboxylic acids is 2. The maximum atomic E-state index is 11.0. The van der Waals surface area contributed by atoms with Crippen molar-refractivity contribution in [3.05, 3.63) is 0 Å². The van der Waals surface area contributed by atoms with Crippen molar-refractivity contribution >= 4 is 11.7 Å². The minimum absolute atomic E-state index is 0.121. The average molecular weight is 169 g/mol. The Morgan fingerprint density at radius 2 is 2.42 bits per heavy atom. The van der Waals surface area contributed by atoms with Gasteiger partial charge < -0.3 is 5.32 Å². The van der Waals surface area contributed by atoms with Gasteiger partial charge in [0, 0.05) is 25.8 Å². The lowest BCUT2D eigenvalue weighted by Gasteiger charge is -2.21. The molecule has 1 aliphatic rings. The Labute approximate surface area is 72.5 Å². The molecular weight excluding hydrogens is 154 g/mol. The molecule has 1 aliphatic heterocycles. The molecule has 3 nitrogen and oxygen atoms in total.